The molecular formula is C25H36ClN5O3. The maximum Gasteiger partial charge on any atom is 0.410 e. The third-order valence-electron chi connectivity index (χ3n) is 7.21. The molecule has 4 heterocycles. The quantitative estimate of drug-likeness (QED) is 0.499. The number of aryl methyl sites for hydroxylation is 1. The normalized spacial score (nSPS) is 26.2. The average Bonchev–Trinajstić information content (AvgIpc) is 3.12. The Bertz CT molecular complexity index is 1040. The molecule has 0 radical (unpaired) electrons. The molecule has 1 amide bonds. The van der Waals surface area contributed by atoms with Gasteiger partial charge in [-0.3, -0.25) is 4.90 Å². The predicted molar refractivity (Wildman–Crippen MR) is 130 cm³/mol. The molecule has 9 heteroatoms. The minimum atomic E-state index is -0.531. The third kappa shape index (κ3) is 4.90. The monoisotopic (exact) mass is 489 g/mol. The van der Waals surface area contributed by atoms with E-state index in [2.05, 4.69) is 5.32 Å². The van der Waals surface area contributed by atoms with Crippen molar-refractivity contribution in [2.24, 2.45) is 5.92 Å². The number of aromatic nitrogens is 3. The molecule has 0 saturated carbocycles. The highest BCUT2D eigenvalue weighted by molar-refractivity contribution is 6.30. The fraction of sp³-hybridized carbons (Fsp3) is 0.720. The Morgan fingerprint density at radius 2 is 2.06 bits per heavy atom. The Balaban J connectivity index is 1.39. The standard InChI is InChI=1S/C25H36ClN5O3/c1-25(2,3)34-24(32)30-12-5-4-6-20(30)19-14-22-28-18-10-8-16(21-15-27-11-13-33-21)7-9-17(18)23(26)31(22)29-19/h14,16,20-21,27H,4-13,15H2,1-3H3. The van der Waals surface area contributed by atoms with Crippen LogP contribution in [0.2, 0.25) is 5.15 Å². The summed E-state index contributed by atoms with van der Waals surface area (Å²) >= 11 is 6.92. The molecule has 2 aromatic heterocycles. The van der Waals surface area contributed by atoms with E-state index in [1.807, 2.05) is 31.7 Å². The van der Waals surface area contributed by atoms with Gasteiger partial charge in [-0.25, -0.2) is 14.3 Å². The molecule has 0 spiro atoms. The summed E-state index contributed by atoms with van der Waals surface area (Å²) in [4.78, 5) is 19.7. The fourth-order valence-electron chi connectivity index (χ4n) is 5.52. The van der Waals surface area contributed by atoms with Crippen LogP contribution in [0.3, 0.4) is 0 Å². The van der Waals surface area contributed by atoms with E-state index in [-0.39, 0.29) is 18.2 Å². The summed E-state index contributed by atoms with van der Waals surface area (Å²) in [5.74, 6) is 0.505. The lowest BCUT2D eigenvalue weighted by Crippen LogP contribution is -2.42. The second kappa shape index (κ2) is 9.63. The fourth-order valence-corrected chi connectivity index (χ4v) is 5.85. The first-order valence-corrected chi connectivity index (χ1v) is 13.1. The predicted octanol–water partition coefficient (Wildman–Crippen LogP) is 4.33. The van der Waals surface area contributed by atoms with Gasteiger partial charge in [-0.2, -0.15) is 5.10 Å². The molecule has 2 aliphatic heterocycles. The Kier molecular flexibility index (Phi) is 6.75. The van der Waals surface area contributed by atoms with Crippen molar-refractivity contribution in [1.29, 1.82) is 0 Å². The van der Waals surface area contributed by atoms with Crippen LogP contribution in [-0.2, 0) is 22.3 Å². The molecule has 5 rings (SSSR count). The summed E-state index contributed by atoms with van der Waals surface area (Å²) in [6, 6.07) is 1.87. The molecule has 8 nitrogen and oxygen atoms in total. The maximum absolute atomic E-state index is 12.9. The van der Waals surface area contributed by atoms with Crippen LogP contribution in [0.15, 0.2) is 6.07 Å². The molecule has 1 aliphatic carbocycles. The molecule has 186 valence electrons. The Hall–Kier alpha value is -1.90. The molecule has 0 aromatic carbocycles. The van der Waals surface area contributed by atoms with Gasteiger partial charge < -0.3 is 14.8 Å². The number of piperidine rings is 1. The Morgan fingerprint density at radius 3 is 2.82 bits per heavy atom. The molecular weight excluding hydrogens is 454 g/mol. The highest BCUT2D eigenvalue weighted by Gasteiger charge is 2.34. The number of hydrogen-bond acceptors (Lipinski definition) is 6. The third-order valence-corrected chi connectivity index (χ3v) is 7.60. The van der Waals surface area contributed by atoms with Crippen molar-refractivity contribution in [3.63, 3.8) is 0 Å². The van der Waals surface area contributed by atoms with Gasteiger partial charge in [-0.15, -0.1) is 0 Å². The van der Waals surface area contributed by atoms with Gasteiger partial charge in [0.05, 0.1) is 24.4 Å². The minimum Gasteiger partial charge on any atom is -0.444 e. The number of hydrogen-bond donors (Lipinski definition) is 1. The lowest BCUT2D eigenvalue weighted by atomic mass is 9.93. The summed E-state index contributed by atoms with van der Waals surface area (Å²) in [6.07, 6.45) is 6.72. The lowest BCUT2D eigenvalue weighted by molar-refractivity contribution is -0.0130. The summed E-state index contributed by atoms with van der Waals surface area (Å²) in [5.41, 5.74) is 3.23. The van der Waals surface area contributed by atoms with Crippen LogP contribution < -0.4 is 5.32 Å². The molecule has 2 aromatic rings. The van der Waals surface area contributed by atoms with Crippen molar-refractivity contribution in [2.45, 2.75) is 83.5 Å². The first-order chi connectivity index (χ1) is 16.3. The summed E-state index contributed by atoms with van der Waals surface area (Å²) < 4.78 is 13.5. The number of nitrogens with one attached hydrogen (secondary N) is 1. The first kappa shape index (κ1) is 23.8. The summed E-state index contributed by atoms with van der Waals surface area (Å²) in [7, 11) is 0. The van der Waals surface area contributed by atoms with Crippen LogP contribution in [0, 0.1) is 5.92 Å². The molecule has 2 saturated heterocycles. The largest absolute Gasteiger partial charge is 0.444 e. The molecule has 3 unspecified atom stereocenters. The molecule has 2 fully saturated rings. The highest BCUT2D eigenvalue weighted by Crippen LogP contribution is 2.35. The SMILES string of the molecule is CC(C)(C)OC(=O)N1CCCCC1c1cc2nc3c(c(Cl)n2n1)CCC(C1CNCCO1)CC3. The lowest BCUT2D eigenvalue weighted by Gasteiger charge is -2.35. The number of likely N-dealkylation sites (tertiary alicyclic amines) is 1. The van der Waals surface area contributed by atoms with Crippen molar-refractivity contribution in [1.82, 2.24) is 24.8 Å². The van der Waals surface area contributed by atoms with Crippen molar-refractivity contribution in [3.05, 3.63) is 28.2 Å². The van der Waals surface area contributed by atoms with Crippen molar-refractivity contribution >= 4 is 23.3 Å². The Labute approximate surface area is 206 Å². The smallest absolute Gasteiger partial charge is 0.410 e. The van der Waals surface area contributed by atoms with Crippen LogP contribution in [0.25, 0.3) is 5.65 Å². The zero-order valence-electron chi connectivity index (χ0n) is 20.5. The van der Waals surface area contributed by atoms with E-state index in [9.17, 15) is 4.79 Å². The van der Waals surface area contributed by atoms with Gasteiger partial charge in [0.15, 0.2) is 5.65 Å². The van der Waals surface area contributed by atoms with E-state index in [1.165, 1.54) is 0 Å². The van der Waals surface area contributed by atoms with Crippen LogP contribution >= 0.6 is 11.6 Å². The average molecular weight is 490 g/mol. The molecule has 3 aliphatic rings. The van der Waals surface area contributed by atoms with Gasteiger partial charge in [0.25, 0.3) is 0 Å². The van der Waals surface area contributed by atoms with E-state index in [4.69, 9.17) is 31.2 Å². The Morgan fingerprint density at radius 1 is 1.24 bits per heavy atom. The van der Waals surface area contributed by atoms with Gasteiger partial charge in [0, 0.05) is 37.0 Å². The van der Waals surface area contributed by atoms with Gasteiger partial charge in [-0.1, -0.05) is 11.6 Å². The van der Waals surface area contributed by atoms with Gasteiger partial charge in [0.2, 0.25) is 0 Å². The zero-order valence-corrected chi connectivity index (χ0v) is 21.2. The topological polar surface area (TPSA) is 81.0 Å². The first-order valence-electron chi connectivity index (χ1n) is 12.7. The second-order valence-electron chi connectivity index (χ2n) is 10.8. The van der Waals surface area contributed by atoms with Crippen LogP contribution in [0.5, 0.6) is 0 Å². The van der Waals surface area contributed by atoms with E-state index in [1.54, 1.807) is 4.52 Å². The molecule has 34 heavy (non-hydrogen) atoms. The minimum absolute atomic E-state index is 0.124. The van der Waals surface area contributed by atoms with Crippen LogP contribution in [0.4, 0.5) is 4.79 Å². The number of morpholine rings is 1. The number of ether oxygens (including phenoxy) is 2. The van der Waals surface area contributed by atoms with Crippen LogP contribution in [0.1, 0.15) is 75.9 Å². The summed E-state index contributed by atoms with van der Waals surface area (Å²) in [6.45, 7) is 9.00. The maximum atomic E-state index is 12.9. The van der Waals surface area contributed by atoms with Crippen molar-refractivity contribution < 1.29 is 14.3 Å². The number of rotatable bonds is 2. The van der Waals surface area contributed by atoms with Crippen molar-refractivity contribution in [3.8, 4) is 0 Å². The molecule has 1 N–H and O–H groups in total. The van der Waals surface area contributed by atoms with E-state index < -0.39 is 5.60 Å². The number of carbonyl (C=O) groups excluding carboxylic acids is 1. The van der Waals surface area contributed by atoms with E-state index in [0.29, 0.717) is 17.6 Å². The second-order valence-corrected chi connectivity index (χ2v) is 11.2. The van der Waals surface area contributed by atoms with Crippen LogP contribution in [-0.4, -0.2) is 63.5 Å². The number of nitrogens with zero attached hydrogens (tertiary/aromatic N) is 4. The highest BCUT2D eigenvalue weighted by atomic mass is 35.5. The number of halogens is 1. The van der Waals surface area contributed by atoms with E-state index >= 15 is 0 Å². The van der Waals surface area contributed by atoms with Crippen molar-refractivity contribution in [2.75, 3.05) is 26.2 Å². The number of fused-ring (bicyclic) bond motifs is 2. The molecule has 0 bridgehead atoms. The summed E-state index contributed by atoms with van der Waals surface area (Å²) in [5, 5.41) is 8.95. The van der Waals surface area contributed by atoms with Gasteiger partial charge in [0.1, 0.15) is 10.8 Å². The number of carbonyl (C=O) groups is 1. The number of amides is 1. The zero-order chi connectivity index (χ0) is 23.9. The van der Waals surface area contributed by atoms with Gasteiger partial charge in [-0.05, 0) is 71.6 Å². The molecule has 3 atom stereocenters. The van der Waals surface area contributed by atoms with Gasteiger partial charge >= 0.3 is 6.09 Å². The van der Waals surface area contributed by atoms with E-state index in [0.717, 1.165) is 87.2 Å².